The van der Waals surface area contributed by atoms with Crippen LogP contribution in [0.4, 0.5) is 5.82 Å². The van der Waals surface area contributed by atoms with Gasteiger partial charge in [-0.3, -0.25) is 0 Å². The van der Waals surface area contributed by atoms with Crippen LogP contribution in [-0.2, 0) is 0 Å². The fraction of sp³-hybridized carbons (Fsp3) is 0.643. The van der Waals surface area contributed by atoms with E-state index in [0.717, 1.165) is 12.4 Å². The highest BCUT2D eigenvalue weighted by molar-refractivity contribution is 5.39. The first-order valence-electron chi connectivity index (χ1n) is 6.69. The molecule has 1 atom stereocenters. The van der Waals surface area contributed by atoms with Crippen LogP contribution in [0, 0.1) is 17.2 Å². The van der Waals surface area contributed by atoms with Crippen molar-refractivity contribution in [1.82, 2.24) is 9.97 Å². The molecule has 1 aliphatic rings. The van der Waals surface area contributed by atoms with Gasteiger partial charge in [0.1, 0.15) is 11.9 Å². The highest BCUT2D eigenvalue weighted by Gasteiger charge is 2.24. The van der Waals surface area contributed by atoms with Crippen LogP contribution >= 0.6 is 0 Å². The molecule has 0 amide bonds. The van der Waals surface area contributed by atoms with Crippen molar-refractivity contribution in [1.29, 1.82) is 5.26 Å². The van der Waals surface area contributed by atoms with Crippen molar-refractivity contribution in [3.8, 4) is 6.07 Å². The van der Waals surface area contributed by atoms with Gasteiger partial charge in [-0.25, -0.2) is 9.97 Å². The molecule has 1 aliphatic heterocycles. The van der Waals surface area contributed by atoms with Gasteiger partial charge in [-0.1, -0.05) is 13.8 Å². The molecule has 2 rings (SSSR count). The van der Waals surface area contributed by atoms with E-state index < -0.39 is 0 Å². The number of hydrogen-bond acceptors (Lipinski definition) is 4. The van der Waals surface area contributed by atoms with Crippen molar-refractivity contribution >= 4 is 5.82 Å². The average Bonchev–Trinajstić information content (AvgIpc) is 2.39. The smallest absolute Gasteiger partial charge is 0.158 e. The Morgan fingerprint density at radius 2 is 2.22 bits per heavy atom. The first-order chi connectivity index (χ1) is 8.70. The van der Waals surface area contributed by atoms with E-state index in [1.165, 1.54) is 25.7 Å². The van der Waals surface area contributed by atoms with Gasteiger partial charge in [0.05, 0.1) is 12.4 Å². The molecule has 96 valence electrons. The van der Waals surface area contributed by atoms with Crippen LogP contribution in [0.2, 0.25) is 0 Å². The van der Waals surface area contributed by atoms with E-state index in [4.69, 9.17) is 5.26 Å². The lowest BCUT2D eigenvalue weighted by atomic mass is 9.94. The van der Waals surface area contributed by atoms with Crippen molar-refractivity contribution in [2.45, 2.75) is 45.6 Å². The SMILES string of the molecule is CC(C)CC1CCCCN1c1cnc(C#N)cn1. The third-order valence-corrected chi connectivity index (χ3v) is 3.42. The Hall–Kier alpha value is -1.63. The van der Waals surface area contributed by atoms with Gasteiger partial charge in [0.2, 0.25) is 0 Å². The zero-order chi connectivity index (χ0) is 13.0. The van der Waals surface area contributed by atoms with Crippen LogP contribution in [0.15, 0.2) is 12.4 Å². The molecule has 0 spiro atoms. The number of rotatable bonds is 3. The molecule has 1 aromatic rings. The van der Waals surface area contributed by atoms with Crippen LogP contribution in [0.1, 0.15) is 45.2 Å². The van der Waals surface area contributed by atoms with Crippen LogP contribution < -0.4 is 4.90 Å². The number of hydrogen-bond donors (Lipinski definition) is 0. The van der Waals surface area contributed by atoms with Gasteiger partial charge >= 0.3 is 0 Å². The second-order valence-corrected chi connectivity index (χ2v) is 5.34. The predicted molar refractivity (Wildman–Crippen MR) is 71.2 cm³/mol. The first-order valence-corrected chi connectivity index (χ1v) is 6.69. The largest absolute Gasteiger partial charge is 0.352 e. The topological polar surface area (TPSA) is 52.8 Å². The second kappa shape index (κ2) is 5.81. The van der Waals surface area contributed by atoms with E-state index in [1.807, 2.05) is 6.07 Å². The number of nitrogens with zero attached hydrogens (tertiary/aromatic N) is 4. The molecule has 0 N–H and O–H groups in total. The van der Waals surface area contributed by atoms with Crippen LogP contribution in [0.5, 0.6) is 0 Å². The maximum Gasteiger partial charge on any atom is 0.158 e. The van der Waals surface area contributed by atoms with Crippen molar-refractivity contribution in [2.24, 2.45) is 5.92 Å². The monoisotopic (exact) mass is 244 g/mol. The van der Waals surface area contributed by atoms with E-state index >= 15 is 0 Å². The summed E-state index contributed by atoms with van der Waals surface area (Å²) in [5.74, 6) is 1.61. The summed E-state index contributed by atoms with van der Waals surface area (Å²) in [6, 6.07) is 2.58. The molecule has 0 saturated carbocycles. The standard InChI is InChI=1S/C14H20N4/c1-11(2)7-13-5-3-4-6-18(13)14-10-16-12(8-15)9-17-14/h9-11,13H,3-7H2,1-2H3. The number of nitriles is 1. The Balaban J connectivity index is 2.14. The molecule has 2 heterocycles. The van der Waals surface area contributed by atoms with Crippen molar-refractivity contribution in [2.75, 3.05) is 11.4 Å². The van der Waals surface area contributed by atoms with Gasteiger partial charge in [0, 0.05) is 12.6 Å². The van der Waals surface area contributed by atoms with E-state index in [2.05, 4.69) is 28.7 Å². The van der Waals surface area contributed by atoms with Gasteiger partial charge in [-0.05, 0) is 31.6 Å². The summed E-state index contributed by atoms with van der Waals surface area (Å²) in [5, 5.41) is 8.74. The zero-order valence-corrected chi connectivity index (χ0v) is 11.1. The average molecular weight is 244 g/mol. The molecule has 0 aromatic carbocycles. The molecule has 0 bridgehead atoms. The number of piperidine rings is 1. The lowest BCUT2D eigenvalue weighted by molar-refractivity contribution is 0.391. The maximum atomic E-state index is 8.74. The lowest BCUT2D eigenvalue weighted by Gasteiger charge is -2.37. The summed E-state index contributed by atoms with van der Waals surface area (Å²) in [4.78, 5) is 10.9. The minimum absolute atomic E-state index is 0.385. The minimum atomic E-state index is 0.385. The molecule has 1 fully saturated rings. The Morgan fingerprint density at radius 1 is 1.39 bits per heavy atom. The normalized spacial score (nSPS) is 19.9. The Bertz CT molecular complexity index is 418. The van der Waals surface area contributed by atoms with Crippen LogP contribution in [-0.4, -0.2) is 22.6 Å². The quantitative estimate of drug-likeness (QED) is 0.820. The van der Waals surface area contributed by atoms with Gasteiger partial charge in [-0.15, -0.1) is 0 Å². The lowest BCUT2D eigenvalue weighted by Crippen LogP contribution is -2.41. The zero-order valence-electron chi connectivity index (χ0n) is 11.1. The molecule has 1 saturated heterocycles. The Morgan fingerprint density at radius 3 is 2.83 bits per heavy atom. The van der Waals surface area contributed by atoms with E-state index in [-0.39, 0.29) is 0 Å². The van der Waals surface area contributed by atoms with E-state index in [9.17, 15) is 0 Å². The molecular weight excluding hydrogens is 224 g/mol. The van der Waals surface area contributed by atoms with Crippen LogP contribution in [0.25, 0.3) is 0 Å². The molecule has 18 heavy (non-hydrogen) atoms. The van der Waals surface area contributed by atoms with E-state index in [1.54, 1.807) is 12.4 Å². The number of anilines is 1. The summed E-state index contributed by atoms with van der Waals surface area (Å²) >= 11 is 0. The van der Waals surface area contributed by atoms with Gasteiger partial charge < -0.3 is 4.90 Å². The first kappa shape index (κ1) is 12.8. The summed E-state index contributed by atoms with van der Waals surface area (Å²) in [7, 11) is 0. The second-order valence-electron chi connectivity index (χ2n) is 5.34. The fourth-order valence-corrected chi connectivity index (χ4v) is 2.62. The van der Waals surface area contributed by atoms with Crippen molar-refractivity contribution in [3.05, 3.63) is 18.1 Å². The Kier molecular flexibility index (Phi) is 4.14. The summed E-state index contributed by atoms with van der Waals surface area (Å²) in [6.45, 7) is 5.58. The van der Waals surface area contributed by atoms with Crippen molar-refractivity contribution in [3.63, 3.8) is 0 Å². The minimum Gasteiger partial charge on any atom is -0.352 e. The molecule has 4 nitrogen and oxygen atoms in total. The molecule has 0 radical (unpaired) electrons. The summed E-state index contributed by atoms with van der Waals surface area (Å²) < 4.78 is 0. The van der Waals surface area contributed by atoms with Crippen LogP contribution in [0.3, 0.4) is 0 Å². The van der Waals surface area contributed by atoms with E-state index in [0.29, 0.717) is 17.7 Å². The van der Waals surface area contributed by atoms with Crippen molar-refractivity contribution < 1.29 is 0 Å². The molecule has 1 aromatic heterocycles. The third kappa shape index (κ3) is 2.98. The predicted octanol–water partition coefficient (Wildman–Crippen LogP) is 2.75. The maximum absolute atomic E-state index is 8.74. The van der Waals surface area contributed by atoms with Gasteiger partial charge in [-0.2, -0.15) is 5.26 Å². The van der Waals surface area contributed by atoms with Gasteiger partial charge in [0.15, 0.2) is 5.69 Å². The highest BCUT2D eigenvalue weighted by Crippen LogP contribution is 2.26. The summed E-state index contributed by atoms with van der Waals surface area (Å²) in [6.07, 6.45) is 8.25. The third-order valence-electron chi connectivity index (χ3n) is 3.42. The fourth-order valence-electron chi connectivity index (χ4n) is 2.62. The Labute approximate surface area is 109 Å². The summed E-state index contributed by atoms with van der Waals surface area (Å²) in [5.41, 5.74) is 0.385. The highest BCUT2D eigenvalue weighted by atomic mass is 15.2. The molecule has 0 aliphatic carbocycles. The van der Waals surface area contributed by atoms with Gasteiger partial charge in [0.25, 0.3) is 0 Å². The number of aromatic nitrogens is 2. The molecular formula is C14H20N4. The molecule has 4 heteroatoms. The molecule has 1 unspecified atom stereocenters.